The Kier molecular flexibility index (Phi) is 7.17. The number of benzene rings is 3. The fourth-order valence-electron chi connectivity index (χ4n) is 3.02. The van der Waals surface area contributed by atoms with Crippen LogP contribution in [-0.2, 0) is 0 Å². The first-order valence-electron chi connectivity index (χ1n) is 9.70. The maximum atomic E-state index is 4.69. The lowest BCUT2D eigenvalue weighted by atomic mass is 10.0. The number of hydrogen-bond acceptors (Lipinski definition) is 5. The summed E-state index contributed by atoms with van der Waals surface area (Å²) >= 11 is 7.36. The van der Waals surface area contributed by atoms with Gasteiger partial charge in [-0.25, -0.2) is 10.4 Å². The van der Waals surface area contributed by atoms with Gasteiger partial charge in [0.25, 0.3) is 5.95 Å². The van der Waals surface area contributed by atoms with Crippen LogP contribution < -0.4 is 5.43 Å². The minimum atomic E-state index is -0.0208. The first-order valence-corrected chi connectivity index (χ1v) is 11.5. The van der Waals surface area contributed by atoms with E-state index in [9.17, 15) is 0 Å². The zero-order chi connectivity index (χ0) is 21.5. The van der Waals surface area contributed by atoms with E-state index in [1.54, 1.807) is 6.21 Å². The summed E-state index contributed by atoms with van der Waals surface area (Å²) in [6.45, 7) is 0. The zero-order valence-electron chi connectivity index (χ0n) is 16.4. The molecule has 1 heterocycles. The summed E-state index contributed by atoms with van der Waals surface area (Å²) in [5.41, 5.74) is 7.46. The lowest BCUT2D eigenvalue weighted by Gasteiger charge is -2.13. The molecule has 0 aliphatic rings. The van der Waals surface area contributed by atoms with Crippen molar-refractivity contribution in [2.45, 2.75) is 9.65 Å². The standard InChI is InChI=1S/C24H19Br2N5/c25-20(21(26)17-10-4-1-5-11-17)16-27-30-24-28-22(18-12-6-2-7-13-18)23(29-31-24)19-14-8-3-9-15-19/h1-16,20-21H,(H,28,30,31)/b27-16-/t20-,21+/m0/s1. The molecule has 3 aromatic carbocycles. The molecule has 31 heavy (non-hydrogen) atoms. The predicted octanol–water partition coefficient (Wildman–Crippen LogP) is 6.50. The van der Waals surface area contributed by atoms with Crippen molar-refractivity contribution in [2.24, 2.45) is 5.10 Å². The van der Waals surface area contributed by atoms with Crippen molar-refractivity contribution < 1.29 is 0 Å². The Morgan fingerprint density at radius 2 is 1.26 bits per heavy atom. The summed E-state index contributed by atoms with van der Waals surface area (Å²) in [6.07, 6.45) is 1.77. The Bertz CT molecular complexity index is 1140. The summed E-state index contributed by atoms with van der Waals surface area (Å²) in [5, 5.41) is 13.0. The third kappa shape index (κ3) is 5.42. The maximum Gasteiger partial charge on any atom is 0.263 e. The van der Waals surface area contributed by atoms with E-state index >= 15 is 0 Å². The molecule has 0 aliphatic heterocycles. The minimum Gasteiger partial charge on any atom is -0.244 e. The molecule has 0 spiro atoms. The Hall–Kier alpha value is -2.90. The molecule has 2 atom stereocenters. The first kappa shape index (κ1) is 21.3. The smallest absolute Gasteiger partial charge is 0.244 e. The molecule has 0 unspecified atom stereocenters. The Labute approximate surface area is 197 Å². The van der Waals surface area contributed by atoms with Crippen LogP contribution in [0, 0.1) is 0 Å². The van der Waals surface area contributed by atoms with Gasteiger partial charge < -0.3 is 0 Å². The molecule has 4 rings (SSSR count). The van der Waals surface area contributed by atoms with Crippen LogP contribution in [0.3, 0.4) is 0 Å². The Balaban J connectivity index is 1.56. The lowest BCUT2D eigenvalue weighted by Crippen LogP contribution is -2.10. The van der Waals surface area contributed by atoms with Crippen molar-refractivity contribution in [3.05, 3.63) is 96.6 Å². The van der Waals surface area contributed by atoms with E-state index in [0.29, 0.717) is 5.95 Å². The summed E-state index contributed by atoms with van der Waals surface area (Å²) in [5.74, 6) is 0.334. The van der Waals surface area contributed by atoms with E-state index in [2.05, 4.69) is 64.7 Å². The van der Waals surface area contributed by atoms with Gasteiger partial charge in [0, 0.05) is 17.3 Å². The number of alkyl halides is 2. The molecule has 1 aromatic heterocycles. The summed E-state index contributed by atoms with van der Waals surface area (Å²) < 4.78 is 0. The number of hydrogen-bond donors (Lipinski definition) is 1. The fourth-order valence-corrected chi connectivity index (χ4v) is 3.89. The largest absolute Gasteiger partial charge is 0.263 e. The molecule has 0 radical (unpaired) electrons. The average molecular weight is 537 g/mol. The summed E-state index contributed by atoms with van der Waals surface area (Å²) in [4.78, 5) is 4.75. The molecule has 0 fully saturated rings. The van der Waals surface area contributed by atoms with E-state index < -0.39 is 0 Å². The van der Waals surface area contributed by atoms with E-state index in [0.717, 1.165) is 28.1 Å². The molecule has 154 valence electrons. The van der Waals surface area contributed by atoms with Gasteiger partial charge in [-0.1, -0.05) is 123 Å². The summed E-state index contributed by atoms with van der Waals surface area (Å²) in [7, 11) is 0. The Morgan fingerprint density at radius 3 is 1.87 bits per heavy atom. The number of nitrogens with one attached hydrogen (secondary N) is 1. The van der Waals surface area contributed by atoms with E-state index in [1.807, 2.05) is 78.9 Å². The predicted molar refractivity (Wildman–Crippen MR) is 134 cm³/mol. The van der Waals surface area contributed by atoms with Gasteiger partial charge in [0.2, 0.25) is 0 Å². The van der Waals surface area contributed by atoms with Crippen LogP contribution in [0.15, 0.2) is 96.1 Å². The van der Waals surface area contributed by atoms with Crippen molar-refractivity contribution in [2.75, 3.05) is 5.43 Å². The highest BCUT2D eigenvalue weighted by Crippen LogP contribution is 2.30. The first-order chi connectivity index (χ1) is 15.2. The second-order valence-electron chi connectivity index (χ2n) is 6.71. The zero-order valence-corrected chi connectivity index (χ0v) is 19.6. The molecule has 7 heteroatoms. The number of hydrazone groups is 1. The molecule has 0 saturated heterocycles. The van der Waals surface area contributed by atoms with Gasteiger partial charge in [-0.05, 0) is 5.56 Å². The van der Waals surface area contributed by atoms with E-state index in [-0.39, 0.29) is 9.65 Å². The fraction of sp³-hybridized carbons (Fsp3) is 0.0833. The third-order valence-electron chi connectivity index (χ3n) is 4.56. The van der Waals surface area contributed by atoms with Gasteiger partial charge in [-0.3, -0.25) is 0 Å². The SMILES string of the molecule is Br[C@H](c1ccccc1)[C@@H](Br)/C=N\Nc1nnc(-c2ccccc2)c(-c2ccccc2)n1. The van der Waals surface area contributed by atoms with Crippen molar-refractivity contribution in [1.29, 1.82) is 0 Å². The number of aromatic nitrogens is 3. The van der Waals surface area contributed by atoms with Crippen LogP contribution in [0.4, 0.5) is 5.95 Å². The van der Waals surface area contributed by atoms with Crippen molar-refractivity contribution >= 4 is 44.0 Å². The molecule has 1 N–H and O–H groups in total. The second kappa shape index (κ2) is 10.4. The highest BCUT2D eigenvalue weighted by atomic mass is 79.9. The molecule has 0 amide bonds. The van der Waals surface area contributed by atoms with Crippen LogP contribution in [0.25, 0.3) is 22.5 Å². The van der Waals surface area contributed by atoms with Gasteiger partial charge in [0.1, 0.15) is 11.4 Å². The normalized spacial score (nSPS) is 13.1. The van der Waals surface area contributed by atoms with Gasteiger partial charge in [0.05, 0.1) is 9.65 Å². The molecule has 4 aromatic rings. The lowest BCUT2D eigenvalue weighted by molar-refractivity contribution is 0.970. The van der Waals surface area contributed by atoms with Gasteiger partial charge in [-0.15, -0.1) is 10.2 Å². The number of anilines is 1. The average Bonchev–Trinajstić information content (AvgIpc) is 2.85. The maximum absolute atomic E-state index is 4.69. The van der Waals surface area contributed by atoms with Crippen LogP contribution >= 0.6 is 31.9 Å². The van der Waals surface area contributed by atoms with E-state index in [4.69, 9.17) is 4.98 Å². The highest BCUT2D eigenvalue weighted by molar-refractivity contribution is 9.12. The van der Waals surface area contributed by atoms with Crippen molar-refractivity contribution in [3.8, 4) is 22.5 Å². The monoisotopic (exact) mass is 535 g/mol. The number of halogens is 2. The van der Waals surface area contributed by atoms with Gasteiger partial charge in [-0.2, -0.15) is 5.10 Å². The van der Waals surface area contributed by atoms with Crippen molar-refractivity contribution in [1.82, 2.24) is 15.2 Å². The summed E-state index contributed by atoms with van der Waals surface area (Å²) in [6, 6.07) is 30.0. The molecule has 0 bridgehead atoms. The van der Waals surface area contributed by atoms with Gasteiger partial charge in [0.15, 0.2) is 0 Å². The van der Waals surface area contributed by atoms with Gasteiger partial charge >= 0.3 is 0 Å². The molecule has 5 nitrogen and oxygen atoms in total. The minimum absolute atomic E-state index is 0.0208. The molecular weight excluding hydrogens is 518 g/mol. The quantitative estimate of drug-likeness (QED) is 0.166. The second-order valence-corrected chi connectivity index (χ2v) is 8.76. The molecular formula is C24H19Br2N5. The van der Waals surface area contributed by atoms with Crippen molar-refractivity contribution in [3.63, 3.8) is 0 Å². The Morgan fingerprint density at radius 1 is 0.710 bits per heavy atom. The van der Waals surface area contributed by atoms with Crippen LogP contribution in [0.1, 0.15) is 10.4 Å². The van der Waals surface area contributed by atoms with E-state index in [1.165, 1.54) is 0 Å². The molecule has 0 aliphatic carbocycles. The number of nitrogens with zero attached hydrogens (tertiary/aromatic N) is 4. The third-order valence-corrected chi connectivity index (χ3v) is 7.13. The number of rotatable bonds is 7. The van der Waals surface area contributed by atoms with Crippen LogP contribution in [-0.4, -0.2) is 26.2 Å². The van der Waals surface area contributed by atoms with Crippen LogP contribution in [0.5, 0.6) is 0 Å². The topological polar surface area (TPSA) is 63.1 Å². The van der Waals surface area contributed by atoms with Crippen LogP contribution in [0.2, 0.25) is 0 Å². The highest BCUT2D eigenvalue weighted by Gasteiger charge is 2.16. The molecule has 0 saturated carbocycles.